The van der Waals surface area contributed by atoms with Gasteiger partial charge in [-0.05, 0) is 24.3 Å². The lowest BCUT2D eigenvalue weighted by molar-refractivity contribution is -0.137. The molecule has 0 radical (unpaired) electrons. The summed E-state index contributed by atoms with van der Waals surface area (Å²) in [6.07, 6.45) is -1.69. The number of anilines is 1. The van der Waals surface area contributed by atoms with Crippen LogP contribution in [0.25, 0.3) is 16.4 Å². The van der Waals surface area contributed by atoms with E-state index in [1.807, 2.05) is 0 Å². The molecule has 3 aromatic heterocycles. The molecule has 10 heteroatoms. The molecule has 6 nitrogen and oxygen atoms in total. The van der Waals surface area contributed by atoms with Crippen molar-refractivity contribution in [3.8, 4) is 0 Å². The normalized spacial score (nSPS) is 12.7. The fourth-order valence-electron chi connectivity index (χ4n) is 2.68. The Labute approximate surface area is 145 Å². The number of benzene rings is 1. The number of hydrogen-bond acceptors (Lipinski definition) is 3. The molecular weight excluding hydrogens is 369 g/mol. The number of H-pyrrole nitrogens is 1. The molecule has 0 bridgehead atoms. The van der Waals surface area contributed by atoms with Crippen molar-refractivity contribution in [3.05, 3.63) is 60.4 Å². The molecule has 0 saturated heterocycles. The van der Waals surface area contributed by atoms with Crippen molar-refractivity contribution in [2.45, 2.75) is 11.1 Å². The van der Waals surface area contributed by atoms with Gasteiger partial charge in [0, 0.05) is 29.4 Å². The summed E-state index contributed by atoms with van der Waals surface area (Å²) in [6, 6.07) is 9.69. The zero-order valence-electron chi connectivity index (χ0n) is 12.9. The van der Waals surface area contributed by atoms with E-state index in [-0.39, 0.29) is 21.6 Å². The molecule has 2 N–H and O–H groups in total. The molecule has 4 aromatic rings. The molecule has 4 rings (SSSR count). The standard InChI is InChI=1S/C16H11F3N4O2S/c17-16(18,19)10-4-5-12-13(7-10)20-9-14(12)26(24,25)22-15-8-11-3-1-2-6-23(11)21-15/h1-9,20H,(H,21,22). The average Bonchev–Trinajstić information content (AvgIpc) is 3.16. The van der Waals surface area contributed by atoms with Gasteiger partial charge in [-0.25, -0.2) is 12.9 Å². The molecule has 0 saturated carbocycles. The lowest BCUT2D eigenvalue weighted by atomic mass is 10.1. The van der Waals surface area contributed by atoms with E-state index in [1.54, 1.807) is 30.5 Å². The van der Waals surface area contributed by atoms with Gasteiger partial charge >= 0.3 is 6.18 Å². The molecule has 0 aliphatic heterocycles. The Morgan fingerprint density at radius 2 is 1.92 bits per heavy atom. The number of alkyl halides is 3. The monoisotopic (exact) mass is 380 g/mol. The molecule has 0 spiro atoms. The molecule has 134 valence electrons. The quantitative estimate of drug-likeness (QED) is 0.570. The van der Waals surface area contributed by atoms with Crippen LogP contribution in [0.5, 0.6) is 0 Å². The van der Waals surface area contributed by atoms with Crippen molar-refractivity contribution < 1.29 is 21.6 Å². The Morgan fingerprint density at radius 1 is 1.12 bits per heavy atom. The summed E-state index contributed by atoms with van der Waals surface area (Å²) in [6.45, 7) is 0. The zero-order chi connectivity index (χ0) is 18.5. The fourth-order valence-corrected chi connectivity index (χ4v) is 3.85. The molecule has 0 unspecified atom stereocenters. The van der Waals surface area contributed by atoms with Crippen LogP contribution in [-0.4, -0.2) is 23.0 Å². The number of sulfonamides is 1. The number of nitrogens with zero attached hydrogens (tertiary/aromatic N) is 2. The second kappa shape index (κ2) is 5.49. The summed E-state index contributed by atoms with van der Waals surface area (Å²) in [5.74, 6) is 0.109. The number of nitrogens with one attached hydrogen (secondary N) is 2. The first kappa shape index (κ1) is 16.5. The number of fused-ring (bicyclic) bond motifs is 2. The van der Waals surface area contributed by atoms with Crippen molar-refractivity contribution in [1.82, 2.24) is 14.6 Å². The molecule has 0 fully saturated rings. The Hall–Kier alpha value is -3.01. The first-order valence-corrected chi connectivity index (χ1v) is 8.88. The van der Waals surface area contributed by atoms with Crippen LogP contribution in [0.1, 0.15) is 5.56 Å². The van der Waals surface area contributed by atoms with Crippen LogP contribution in [-0.2, 0) is 16.2 Å². The van der Waals surface area contributed by atoms with Gasteiger partial charge in [0.2, 0.25) is 0 Å². The van der Waals surface area contributed by atoms with E-state index in [0.29, 0.717) is 5.52 Å². The van der Waals surface area contributed by atoms with Crippen molar-refractivity contribution in [1.29, 1.82) is 0 Å². The average molecular weight is 380 g/mol. The lowest BCUT2D eigenvalue weighted by Crippen LogP contribution is -2.13. The van der Waals surface area contributed by atoms with Crippen LogP contribution < -0.4 is 4.72 Å². The molecule has 26 heavy (non-hydrogen) atoms. The van der Waals surface area contributed by atoms with E-state index in [4.69, 9.17) is 0 Å². The predicted molar refractivity (Wildman–Crippen MR) is 89.3 cm³/mol. The predicted octanol–water partition coefficient (Wildman–Crippen LogP) is 3.64. The maximum Gasteiger partial charge on any atom is 0.416 e. The highest BCUT2D eigenvalue weighted by atomic mass is 32.2. The maximum absolute atomic E-state index is 12.8. The van der Waals surface area contributed by atoms with Crippen LogP contribution in [0.3, 0.4) is 0 Å². The Bertz CT molecular complexity index is 1190. The number of rotatable bonds is 3. The second-order valence-electron chi connectivity index (χ2n) is 5.62. The SMILES string of the molecule is O=S(=O)(Nc1cc2ccccn2n1)c1c[nH]c2cc(C(F)(F)F)ccc12. The van der Waals surface area contributed by atoms with Crippen molar-refractivity contribution in [3.63, 3.8) is 0 Å². The highest BCUT2D eigenvalue weighted by Gasteiger charge is 2.31. The third-order valence-electron chi connectivity index (χ3n) is 3.87. The van der Waals surface area contributed by atoms with E-state index >= 15 is 0 Å². The molecule has 3 heterocycles. The second-order valence-corrected chi connectivity index (χ2v) is 7.27. The van der Waals surface area contributed by atoms with E-state index in [9.17, 15) is 21.6 Å². The fraction of sp³-hybridized carbons (Fsp3) is 0.0625. The molecule has 1 aromatic carbocycles. The summed E-state index contributed by atoms with van der Waals surface area (Å²) in [5.41, 5.74) is -0.0849. The maximum atomic E-state index is 12.8. The van der Waals surface area contributed by atoms with Crippen LogP contribution in [0, 0.1) is 0 Å². The van der Waals surface area contributed by atoms with Crippen LogP contribution in [0.4, 0.5) is 19.0 Å². The van der Waals surface area contributed by atoms with E-state index in [0.717, 1.165) is 24.4 Å². The molecular formula is C16H11F3N4O2S. The number of aromatic nitrogens is 3. The zero-order valence-corrected chi connectivity index (χ0v) is 13.8. The van der Waals surface area contributed by atoms with Crippen molar-refractivity contribution in [2.24, 2.45) is 0 Å². The van der Waals surface area contributed by atoms with Gasteiger partial charge in [-0.2, -0.15) is 13.2 Å². The van der Waals surface area contributed by atoms with Crippen molar-refractivity contribution >= 4 is 32.3 Å². The molecule has 0 aliphatic rings. The topological polar surface area (TPSA) is 79.3 Å². The Kier molecular flexibility index (Phi) is 3.48. The minimum absolute atomic E-state index is 0.0789. The summed E-state index contributed by atoms with van der Waals surface area (Å²) in [7, 11) is -4.03. The highest BCUT2D eigenvalue weighted by molar-refractivity contribution is 7.93. The van der Waals surface area contributed by atoms with Gasteiger partial charge in [-0.1, -0.05) is 12.1 Å². The first-order valence-electron chi connectivity index (χ1n) is 7.40. The summed E-state index contributed by atoms with van der Waals surface area (Å²) in [4.78, 5) is 2.42. The minimum atomic E-state index is -4.51. The summed E-state index contributed by atoms with van der Waals surface area (Å²) >= 11 is 0. The number of halogens is 3. The highest BCUT2D eigenvalue weighted by Crippen LogP contribution is 2.33. The summed E-state index contributed by atoms with van der Waals surface area (Å²) in [5, 5.41) is 4.26. The Morgan fingerprint density at radius 3 is 2.65 bits per heavy atom. The number of aromatic amines is 1. The van der Waals surface area contributed by atoms with Gasteiger partial charge in [-0.15, -0.1) is 5.10 Å². The van der Waals surface area contributed by atoms with Gasteiger partial charge in [0.15, 0.2) is 5.82 Å². The number of pyridine rings is 1. The van der Waals surface area contributed by atoms with Crippen molar-refractivity contribution in [2.75, 3.05) is 4.72 Å². The minimum Gasteiger partial charge on any atom is -0.360 e. The van der Waals surface area contributed by atoms with E-state index < -0.39 is 21.8 Å². The third-order valence-corrected chi connectivity index (χ3v) is 5.26. The van der Waals surface area contributed by atoms with Gasteiger partial charge in [-0.3, -0.25) is 4.72 Å². The largest absolute Gasteiger partial charge is 0.416 e. The van der Waals surface area contributed by atoms with Gasteiger partial charge in [0.05, 0.1) is 11.1 Å². The third kappa shape index (κ3) is 2.77. The first-order chi connectivity index (χ1) is 12.2. The Balaban J connectivity index is 1.73. The lowest BCUT2D eigenvalue weighted by Gasteiger charge is -2.07. The van der Waals surface area contributed by atoms with Gasteiger partial charge in [0.1, 0.15) is 4.90 Å². The van der Waals surface area contributed by atoms with Crippen LogP contribution >= 0.6 is 0 Å². The summed E-state index contributed by atoms with van der Waals surface area (Å²) < 4.78 is 67.5. The number of hydrogen-bond donors (Lipinski definition) is 2. The molecule has 0 atom stereocenters. The van der Waals surface area contributed by atoms with E-state index in [1.165, 1.54) is 4.52 Å². The smallest absolute Gasteiger partial charge is 0.360 e. The van der Waals surface area contributed by atoms with Crippen LogP contribution in [0.2, 0.25) is 0 Å². The van der Waals surface area contributed by atoms with Gasteiger partial charge < -0.3 is 4.98 Å². The molecule has 0 aliphatic carbocycles. The van der Waals surface area contributed by atoms with Gasteiger partial charge in [0.25, 0.3) is 10.0 Å². The molecule has 0 amide bonds. The van der Waals surface area contributed by atoms with E-state index in [2.05, 4.69) is 14.8 Å². The van der Waals surface area contributed by atoms with Crippen LogP contribution in [0.15, 0.2) is 59.8 Å².